The van der Waals surface area contributed by atoms with Crippen LogP contribution >= 0.6 is 0 Å². The van der Waals surface area contributed by atoms with Gasteiger partial charge in [0.2, 0.25) is 15.9 Å². The maximum atomic E-state index is 12.9. The molecule has 0 atom stereocenters. The van der Waals surface area contributed by atoms with Crippen molar-refractivity contribution in [3.63, 3.8) is 0 Å². The highest BCUT2D eigenvalue weighted by atomic mass is 32.2. The minimum atomic E-state index is -3.57. The number of hydrogen-bond acceptors (Lipinski definition) is 5. The maximum Gasteiger partial charge on any atom is 0.325 e. The summed E-state index contributed by atoms with van der Waals surface area (Å²) in [5.74, 6) is -0.438. The Morgan fingerprint density at radius 1 is 1.14 bits per heavy atom. The second kappa shape index (κ2) is 8.61. The number of carbonyl (C=O) groups is 2. The lowest BCUT2D eigenvalue weighted by Gasteiger charge is -2.31. The number of benzene rings is 1. The van der Waals surface area contributed by atoms with Gasteiger partial charge in [-0.05, 0) is 57.1 Å². The van der Waals surface area contributed by atoms with E-state index >= 15 is 0 Å². The van der Waals surface area contributed by atoms with E-state index in [0.29, 0.717) is 43.4 Å². The minimum absolute atomic E-state index is 0.132. The number of esters is 1. The molecule has 154 valence electrons. The SMILES string of the molecule is Cc1ccc(S(=O)(=O)N2CCC(C(=O)NCC(=O)OCC3CC3)CC2)c(C)c1. The summed E-state index contributed by atoms with van der Waals surface area (Å²) in [4.78, 5) is 24.2. The fourth-order valence-corrected chi connectivity index (χ4v) is 5.11. The standard InChI is InChI=1S/C20H28N2O5S/c1-14-3-6-18(15(2)11-14)28(25,26)22-9-7-17(8-10-22)20(24)21-12-19(23)27-13-16-4-5-16/h3,6,11,16-17H,4-5,7-10,12-13H2,1-2H3,(H,21,24). The van der Waals surface area contributed by atoms with Gasteiger partial charge in [0.25, 0.3) is 0 Å². The van der Waals surface area contributed by atoms with E-state index in [1.807, 2.05) is 13.0 Å². The summed E-state index contributed by atoms with van der Waals surface area (Å²) < 4.78 is 32.3. The average molecular weight is 409 g/mol. The van der Waals surface area contributed by atoms with Crippen molar-refractivity contribution in [2.75, 3.05) is 26.2 Å². The van der Waals surface area contributed by atoms with Crippen LogP contribution in [0.3, 0.4) is 0 Å². The van der Waals surface area contributed by atoms with E-state index in [0.717, 1.165) is 24.0 Å². The van der Waals surface area contributed by atoms with Crippen LogP contribution < -0.4 is 5.32 Å². The molecule has 2 aliphatic rings. The van der Waals surface area contributed by atoms with Crippen molar-refractivity contribution in [2.24, 2.45) is 11.8 Å². The van der Waals surface area contributed by atoms with Crippen LogP contribution in [0.25, 0.3) is 0 Å². The van der Waals surface area contributed by atoms with E-state index in [9.17, 15) is 18.0 Å². The van der Waals surface area contributed by atoms with Gasteiger partial charge in [-0.2, -0.15) is 4.31 Å². The normalized spacial score (nSPS) is 18.6. The van der Waals surface area contributed by atoms with E-state index in [1.165, 1.54) is 4.31 Å². The number of nitrogens with zero attached hydrogens (tertiary/aromatic N) is 1. The molecular weight excluding hydrogens is 380 g/mol. The topological polar surface area (TPSA) is 92.8 Å². The summed E-state index contributed by atoms with van der Waals surface area (Å²) in [5, 5.41) is 2.62. The summed E-state index contributed by atoms with van der Waals surface area (Å²) in [6.07, 6.45) is 3.08. The smallest absolute Gasteiger partial charge is 0.325 e. The fraction of sp³-hybridized carbons (Fsp3) is 0.600. The highest BCUT2D eigenvalue weighted by Crippen LogP contribution is 2.29. The molecule has 3 rings (SSSR count). The third kappa shape index (κ3) is 5.11. The van der Waals surface area contributed by atoms with Crippen molar-refractivity contribution in [3.8, 4) is 0 Å². The van der Waals surface area contributed by atoms with Crippen LogP contribution in [-0.4, -0.2) is 50.8 Å². The summed E-state index contributed by atoms with van der Waals surface area (Å²) in [6.45, 7) is 4.60. The average Bonchev–Trinajstić information content (AvgIpc) is 3.48. The third-order valence-corrected chi connectivity index (χ3v) is 7.42. The molecule has 8 heteroatoms. The van der Waals surface area contributed by atoms with Crippen molar-refractivity contribution >= 4 is 21.9 Å². The van der Waals surface area contributed by atoms with Crippen molar-refractivity contribution < 1.29 is 22.7 Å². The Labute approximate surface area is 166 Å². The van der Waals surface area contributed by atoms with Gasteiger partial charge in [0.05, 0.1) is 11.5 Å². The van der Waals surface area contributed by atoms with Crippen molar-refractivity contribution in [2.45, 2.75) is 44.4 Å². The van der Waals surface area contributed by atoms with Crippen molar-refractivity contribution in [1.82, 2.24) is 9.62 Å². The van der Waals surface area contributed by atoms with Gasteiger partial charge in [0.15, 0.2) is 0 Å². The lowest BCUT2D eigenvalue weighted by molar-refractivity contribution is -0.144. The number of carbonyl (C=O) groups excluding carboxylic acids is 2. The van der Waals surface area contributed by atoms with E-state index in [4.69, 9.17) is 4.74 Å². The largest absolute Gasteiger partial charge is 0.464 e. The first-order valence-electron chi connectivity index (χ1n) is 9.78. The summed E-state index contributed by atoms with van der Waals surface area (Å²) in [5.41, 5.74) is 1.74. The van der Waals surface area contributed by atoms with Crippen LogP contribution in [0.15, 0.2) is 23.1 Å². The fourth-order valence-electron chi connectivity index (χ4n) is 3.44. The van der Waals surface area contributed by atoms with Crippen LogP contribution in [0.1, 0.15) is 36.8 Å². The Kier molecular flexibility index (Phi) is 6.40. The molecule has 1 saturated heterocycles. The first kappa shape index (κ1) is 20.8. The first-order chi connectivity index (χ1) is 13.3. The molecular formula is C20H28N2O5S. The molecule has 0 unspecified atom stereocenters. The molecule has 1 aliphatic carbocycles. The van der Waals surface area contributed by atoms with Crippen LogP contribution in [0.4, 0.5) is 0 Å². The molecule has 1 heterocycles. The number of hydrogen-bond donors (Lipinski definition) is 1. The van der Waals surface area contributed by atoms with Crippen molar-refractivity contribution in [1.29, 1.82) is 0 Å². The van der Waals surface area contributed by atoms with Crippen LogP contribution in [0.2, 0.25) is 0 Å². The van der Waals surface area contributed by atoms with Crippen LogP contribution in [0.5, 0.6) is 0 Å². The van der Waals surface area contributed by atoms with Gasteiger partial charge in [-0.3, -0.25) is 9.59 Å². The van der Waals surface area contributed by atoms with E-state index in [1.54, 1.807) is 19.1 Å². The summed E-state index contributed by atoms with van der Waals surface area (Å²) >= 11 is 0. The van der Waals surface area contributed by atoms with Crippen LogP contribution in [0, 0.1) is 25.7 Å². The second-order valence-electron chi connectivity index (χ2n) is 7.79. The Hall–Kier alpha value is -1.93. The molecule has 1 N–H and O–H groups in total. The molecule has 1 aromatic carbocycles. The zero-order valence-corrected chi connectivity index (χ0v) is 17.3. The van der Waals surface area contributed by atoms with Gasteiger partial charge in [-0.25, -0.2) is 8.42 Å². The zero-order chi connectivity index (χ0) is 20.3. The highest BCUT2D eigenvalue weighted by Gasteiger charge is 2.33. The number of piperidine rings is 1. The first-order valence-corrected chi connectivity index (χ1v) is 11.2. The second-order valence-corrected chi connectivity index (χ2v) is 9.70. The molecule has 1 amide bonds. The van der Waals surface area contributed by atoms with E-state index in [-0.39, 0.29) is 18.4 Å². The molecule has 0 radical (unpaired) electrons. The molecule has 28 heavy (non-hydrogen) atoms. The van der Waals surface area contributed by atoms with Gasteiger partial charge >= 0.3 is 5.97 Å². The Morgan fingerprint density at radius 3 is 2.43 bits per heavy atom. The Bertz CT molecular complexity index is 840. The van der Waals surface area contributed by atoms with E-state index in [2.05, 4.69) is 5.32 Å². The maximum absolute atomic E-state index is 12.9. The van der Waals surface area contributed by atoms with Gasteiger partial charge in [-0.15, -0.1) is 0 Å². The van der Waals surface area contributed by atoms with Gasteiger partial charge in [0.1, 0.15) is 6.54 Å². The number of amides is 1. The van der Waals surface area contributed by atoms with Crippen molar-refractivity contribution in [3.05, 3.63) is 29.3 Å². The van der Waals surface area contributed by atoms with E-state index < -0.39 is 16.0 Å². The molecule has 1 aromatic rings. The molecule has 1 saturated carbocycles. The third-order valence-electron chi connectivity index (χ3n) is 5.36. The monoisotopic (exact) mass is 408 g/mol. The lowest BCUT2D eigenvalue weighted by Crippen LogP contribution is -2.44. The Morgan fingerprint density at radius 2 is 1.82 bits per heavy atom. The summed E-state index contributed by atoms with van der Waals surface area (Å²) in [7, 11) is -3.57. The number of rotatable bonds is 7. The van der Waals surface area contributed by atoms with Gasteiger partial charge in [-0.1, -0.05) is 17.7 Å². The summed E-state index contributed by atoms with van der Waals surface area (Å²) in [6, 6.07) is 5.30. The highest BCUT2D eigenvalue weighted by molar-refractivity contribution is 7.89. The lowest BCUT2D eigenvalue weighted by atomic mass is 9.97. The predicted molar refractivity (Wildman–Crippen MR) is 104 cm³/mol. The molecule has 0 aromatic heterocycles. The zero-order valence-electron chi connectivity index (χ0n) is 16.4. The number of sulfonamides is 1. The van der Waals surface area contributed by atoms with Crippen LogP contribution in [-0.2, 0) is 24.3 Å². The predicted octanol–water partition coefficient (Wildman–Crippen LogP) is 1.77. The molecule has 1 aliphatic heterocycles. The molecule has 0 bridgehead atoms. The quantitative estimate of drug-likeness (QED) is 0.694. The number of nitrogens with one attached hydrogen (secondary N) is 1. The number of ether oxygens (including phenoxy) is 1. The minimum Gasteiger partial charge on any atom is -0.464 e. The van der Waals surface area contributed by atoms with Gasteiger partial charge in [0, 0.05) is 19.0 Å². The molecule has 7 nitrogen and oxygen atoms in total. The molecule has 0 spiro atoms. The molecule has 2 fully saturated rings. The number of aryl methyl sites for hydroxylation is 2. The van der Waals surface area contributed by atoms with Gasteiger partial charge < -0.3 is 10.1 Å². The Balaban J connectivity index is 1.49.